The number of carbonyl (C=O) groups excluding carboxylic acids is 2. The summed E-state index contributed by atoms with van der Waals surface area (Å²) < 4.78 is 10.2. The van der Waals surface area contributed by atoms with Gasteiger partial charge in [0.2, 0.25) is 0 Å². The molecule has 31 heavy (non-hydrogen) atoms. The Kier molecular flexibility index (Phi) is 7.07. The molecule has 7 nitrogen and oxygen atoms in total. The van der Waals surface area contributed by atoms with Gasteiger partial charge in [0.15, 0.2) is 17.7 Å². The number of hydrogen-bond acceptors (Lipinski definition) is 6. The molecular formula is C24H26O7. The van der Waals surface area contributed by atoms with Crippen molar-refractivity contribution in [1.82, 2.24) is 0 Å². The molecular weight excluding hydrogens is 400 g/mol. The van der Waals surface area contributed by atoms with Crippen molar-refractivity contribution in [2.75, 3.05) is 14.2 Å². The van der Waals surface area contributed by atoms with E-state index in [0.29, 0.717) is 30.6 Å². The first-order valence-electron chi connectivity index (χ1n) is 10.2. The van der Waals surface area contributed by atoms with Gasteiger partial charge in [0.1, 0.15) is 11.5 Å². The van der Waals surface area contributed by atoms with Crippen molar-refractivity contribution in [3.05, 3.63) is 58.7 Å². The van der Waals surface area contributed by atoms with Crippen molar-refractivity contribution < 1.29 is 34.1 Å². The Morgan fingerprint density at radius 3 is 2.10 bits per heavy atom. The van der Waals surface area contributed by atoms with Crippen LogP contribution in [0.15, 0.2) is 36.4 Å². The Bertz CT molecular complexity index is 995. The number of aryl methyl sites for hydroxylation is 2. The third kappa shape index (κ3) is 4.94. The van der Waals surface area contributed by atoms with Crippen molar-refractivity contribution in [3.63, 3.8) is 0 Å². The highest BCUT2D eigenvalue weighted by molar-refractivity contribution is 6.02. The maximum absolute atomic E-state index is 12.1. The summed E-state index contributed by atoms with van der Waals surface area (Å²) >= 11 is 0. The maximum Gasteiger partial charge on any atom is 0.333 e. The summed E-state index contributed by atoms with van der Waals surface area (Å²) in [6.07, 6.45) is 1.93. The van der Waals surface area contributed by atoms with E-state index in [1.165, 1.54) is 0 Å². The van der Waals surface area contributed by atoms with Gasteiger partial charge in [-0.3, -0.25) is 9.59 Å². The number of ketones is 2. The van der Waals surface area contributed by atoms with Crippen molar-refractivity contribution in [3.8, 4) is 11.5 Å². The van der Waals surface area contributed by atoms with Crippen LogP contribution in [0.3, 0.4) is 0 Å². The molecule has 0 aromatic heterocycles. The van der Waals surface area contributed by atoms with Crippen molar-refractivity contribution in [2.45, 2.75) is 38.2 Å². The van der Waals surface area contributed by atoms with Crippen LogP contribution >= 0.6 is 0 Å². The number of methoxy groups -OCH3 is 2. The number of benzene rings is 2. The minimum Gasteiger partial charge on any atom is -0.497 e. The molecule has 2 unspecified atom stereocenters. The number of fused-ring (bicyclic) bond motifs is 2. The van der Waals surface area contributed by atoms with Gasteiger partial charge < -0.3 is 19.7 Å². The molecule has 0 spiro atoms. The zero-order chi connectivity index (χ0) is 22.5. The standard InChI is InChI=1S/C13H14O5.C11H12O2/c1-18-8-3-5-9-7(6-8)2-4-10(11(9)14)12(15)13(16)17;1-13-9-5-6-10-8(7-9)3-2-4-11(10)12/h3,5-6,10,12,15H,2,4H2,1H3,(H,16,17);5-7H,2-4H2,1H3. The van der Waals surface area contributed by atoms with Gasteiger partial charge in [-0.25, -0.2) is 4.79 Å². The molecule has 2 N–H and O–H groups in total. The fourth-order valence-corrected chi connectivity index (χ4v) is 4.01. The number of aliphatic carboxylic acids is 1. The molecule has 0 heterocycles. The molecule has 2 aliphatic rings. The van der Waals surface area contributed by atoms with E-state index in [9.17, 15) is 19.5 Å². The molecule has 4 rings (SSSR count). The van der Waals surface area contributed by atoms with E-state index < -0.39 is 18.0 Å². The number of hydrogen-bond donors (Lipinski definition) is 2. The predicted molar refractivity (Wildman–Crippen MR) is 113 cm³/mol. The number of ether oxygens (including phenoxy) is 2. The zero-order valence-electron chi connectivity index (χ0n) is 17.6. The van der Waals surface area contributed by atoms with Gasteiger partial charge in [-0.1, -0.05) is 0 Å². The molecule has 0 saturated carbocycles. The van der Waals surface area contributed by atoms with E-state index in [2.05, 4.69) is 0 Å². The van der Waals surface area contributed by atoms with Crippen LogP contribution in [-0.4, -0.2) is 48.1 Å². The quantitative estimate of drug-likeness (QED) is 0.773. The van der Waals surface area contributed by atoms with Gasteiger partial charge in [-0.15, -0.1) is 0 Å². The van der Waals surface area contributed by atoms with Crippen LogP contribution in [-0.2, 0) is 17.6 Å². The molecule has 7 heteroatoms. The van der Waals surface area contributed by atoms with Crippen LogP contribution in [0.25, 0.3) is 0 Å². The monoisotopic (exact) mass is 426 g/mol. The lowest BCUT2D eigenvalue weighted by atomic mass is 9.80. The second kappa shape index (κ2) is 9.75. The number of carboxylic acids is 1. The Hall–Kier alpha value is -3.19. The molecule has 2 aromatic carbocycles. The van der Waals surface area contributed by atoms with E-state index in [1.807, 2.05) is 18.2 Å². The predicted octanol–water partition coefficient (Wildman–Crippen LogP) is 3.10. The second-order valence-electron chi connectivity index (χ2n) is 7.62. The minimum absolute atomic E-state index is 0.268. The fraction of sp³-hybridized carbons (Fsp3) is 0.375. The van der Waals surface area contributed by atoms with Crippen molar-refractivity contribution in [2.24, 2.45) is 5.92 Å². The van der Waals surface area contributed by atoms with Crippen LogP contribution in [0.2, 0.25) is 0 Å². The highest BCUT2D eigenvalue weighted by Crippen LogP contribution is 2.30. The third-order valence-electron chi connectivity index (χ3n) is 5.74. The minimum atomic E-state index is -1.63. The van der Waals surface area contributed by atoms with Gasteiger partial charge >= 0.3 is 5.97 Å². The number of aliphatic hydroxyl groups excluding tert-OH is 1. The molecule has 0 aliphatic heterocycles. The van der Waals surface area contributed by atoms with Crippen LogP contribution in [0.5, 0.6) is 11.5 Å². The molecule has 0 fully saturated rings. The summed E-state index contributed by atoms with van der Waals surface area (Å²) in [6.45, 7) is 0. The Morgan fingerprint density at radius 1 is 0.935 bits per heavy atom. The molecule has 0 amide bonds. The normalized spacial score (nSPS) is 18.1. The SMILES string of the molecule is COc1ccc2c(c1)CCC(C(O)C(=O)O)C2=O.COc1ccc2c(c1)CCCC2=O. The van der Waals surface area contributed by atoms with Crippen molar-refractivity contribution in [1.29, 1.82) is 0 Å². The van der Waals surface area contributed by atoms with Gasteiger partial charge in [0.05, 0.1) is 20.1 Å². The van der Waals surface area contributed by atoms with Crippen LogP contribution < -0.4 is 9.47 Å². The Labute approximate surface area is 180 Å². The summed E-state index contributed by atoms with van der Waals surface area (Å²) in [5.41, 5.74) is 3.34. The lowest BCUT2D eigenvalue weighted by molar-refractivity contribution is -0.148. The average molecular weight is 426 g/mol. The topological polar surface area (TPSA) is 110 Å². The highest BCUT2D eigenvalue weighted by atomic mass is 16.5. The van der Waals surface area contributed by atoms with Gasteiger partial charge in [-0.2, -0.15) is 0 Å². The smallest absolute Gasteiger partial charge is 0.333 e. The van der Waals surface area contributed by atoms with E-state index in [0.717, 1.165) is 35.3 Å². The van der Waals surface area contributed by atoms with Gasteiger partial charge in [-0.05, 0) is 73.2 Å². The summed E-state index contributed by atoms with van der Waals surface area (Å²) in [6, 6.07) is 10.7. The summed E-state index contributed by atoms with van der Waals surface area (Å²) in [7, 11) is 3.19. The summed E-state index contributed by atoms with van der Waals surface area (Å²) in [4.78, 5) is 34.3. The molecule has 2 atom stereocenters. The fourth-order valence-electron chi connectivity index (χ4n) is 4.01. The van der Waals surface area contributed by atoms with Gasteiger partial charge in [0.25, 0.3) is 0 Å². The van der Waals surface area contributed by atoms with Gasteiger partial charge in [0, 0.05) is 17.5 Å². The molecule has 0 radical (unpaired) electrons. The largest absolute Gasteiger partial charge is 0.497 e. The first-order chi connectivity index (χ1) is 14.8. The third-order valence-corrected chi connectivity index (χ3v) is 5.74. The van der Waals surface area contributed by atoms with E-state index in [4.69, 9.17) is 14.6 Å². The number of aliphatic hydroxyl groups is 1. The Morgan fingerprint density at radius 2 is 1.52 bits per heavy atom. The molecule has 164 valence electrons. The Balaban J connectivity index is 0.000000185. The maximum atomic E-state index is 12.1. The lowest BCUT2D eigenvalue weighted by Crippen LogP contribution is -2.37. The second-order valence-corrected chi connectivity index (χ2v) is 7.62. The lowest BCUT2D eigenvalue weighted by Gasteiger charge is -2.25. The first kappa shape index (κ1) is 22.5. The highest BCUT2D eigenvalue weighted by Gasteiger charge is 2.36. The van der Waals surface area contributed by atoms with E-state index >= 15 is 0 Å². The summed E-state index contributed by atoms with van der Waals surface area (Å²) in [5, 5.41) is 18.3. The average Bonchev–Trinajstić information content (AvgIpc) is 2.79. The molecule has 2 aliphatic carbocycles. The van der Waals surface area contributed by atoms with Crippen LogP contribution in [0.1, 0.15) is 51.1 Å². The van der Waals surface area contributed by atoms with Crippen LogP contribution in [0.4, 0.5) is 0 Å². The summed E-state index contributed by atoms with van der Waals surface area (Å²) in [5.74, 6) is -0.751. The molecule has 0 saturated heterocycles. The van der Waals surface area contributed by atoms with E-state index in [-0.39, 0.29) is 11.6 Å². The number of Topliss-reactive ketones (excluding diaryl/α,β-unsaturated/α-hetero) is 2. The number of carboxylic acid groups (broad SMARTS) is 1. The molecule has 2 aromatic rings. The van der Waals surface area contributed by atoms with Crippen LogP contribution in [0, 0.1) is 5.92 Å². The first-order valence-corrected chi connectivity index (χ1v) is 10.2. The number of carbonyl (C=O) groups is 3. The zero-order valence-corrected chi connectivity index (χ0v) is 17.6. The number of rotatable bonds is 4. The van der Waals surface area contributed by atoms with E-state index in [1.54, 1.807) is 32.4 Å². The van der Waals surface area contributed by atoms with Crippen molar-refractivity contribution >= 4 is 17.5 Å². The molecule has 0 bridgehead atoms.